The molecule has 168 valence electrons. The molecule has 0 spiro atoms. The topological polar surface area (TPSA) is 70.2 Å². The van der Waals surface area contributed by atoms with Crippen LogP contribution in [-0.2, 0) is 20.9 Å². The van der Waals surface area contributed by atoms with Gasteiger partial charge in [-0.15, -0.1) is 0 Å². The van der Waals surface area contributed by atoms with Gasteiger partial charge in [-0.25, -0.2) is 4.79 Å². The van der Waals surface area contributed by atoms with E-state index in [0.29, 0.717) is 32.7 Å². The van der Waals surface area contributed by atoms with Crippen LogP contribution in [0.25, 0.3) is 0 Å². The summed E-state index contributed by atoms with van der Waals surface area (Å²) < 4.78 is 5.39. The lowest BCUT2D eigenvalue weighted by Crippen LogP contribution is -2.52. The van der Waals surface area contributed by atoms with Gasteiger partial charge in [0.15, 0.2) is 0 Å². The van der Waals surface area contributed by atoms with E-state index in [1.165, 1.54) is 0 Å². The van der Waals surface area contributed by atoms with Gasteiger partial charge in [0.2, 0.25) is 11.8 Å². The Hall–Kier alpha value is -3.35. The number of amides is 3. The molecule has 7 nitrogen and oxygen atoms in total. The summed E-state index contributed by atoms with van der Waals surface area (Å²) in [5, 5.41) is 0. The minimum Gasteiger partial charge on any atom is -0.445 e. The first kappa shape index (κ1) is 21.9. The Bertz CT molecular complexity index is 942. The average Bonchev–Trinajstić information content (AvgIpc) is 3.24. The Balaban J connectivity index is 1.26. The van der Waals surface area contributed by atoms with Crippen LogP contribution in [0.4, 0.5) is 4.79 Å². The fourth-order valence-electron chi connectivity index (χ4n) is 4.36. The molecule has 2 aliphatic heterocycles. The molecule has 2 atom stereocenters. The molecule has 2 saturated heterocycles. The van der Waals surface area contributed by atoms with E-state index in [4.69, 9.17) is 4.74 Å². The van der Waals surface area contributed by atoms with E-state index in [2.05, 4.69) is 0 Å². The van der Waals surface area contributed by atoms with Crippen molar-refractivity contribution in [2.75, 3.05) is 32.7 Å². The van der Waals surface area contributed by atoms with Crippen LogP contribution in [0, 0.1) is 5.92 Å². The SMILES string of the molecule is CC(c1ccccc1)N1CC(C(=O)N2CCN(C(=O)OCc3ccccc3)CC2)CC1=O. The Morgan fingerprint density at radius 1 is 0.938 bits per heavy atom. The van der Waals surface area contributed by atoms with Gasteiger partial charge >= 0.3 is 6.09 Å². The molecule has 0 aliphatic carbocycles. The standard InChI is InChI=1S/C25H29N3O4/c1-19(21-10-6-3-7-11-21)28-17-22(16-23(28)29)24(30)26-12-14-27(15-13-26)25(31)32-18-20-8-4-2-5-9-20/h2-11,19,22H,12-18H2,1H3. The summed E-state index contributed by atoms with van der Waals surface area (Å²) in [7, 11) is 0. The van der Waals surface area contributed by atoms with E-state index >= 15 is 0 Å². The Kier molecular flexibility index (Phi) is 6.73. The maximum absolute atomic E-state index is 13.1. The second-order valence-electron chi connectivity index (χ2n) is 8.39. The van der Waals surface area contributed by atoms with Gasteiger partial charge in [0.05, 0.1) is 12.0 Å². The summed E-state index contributed by atoms with van der Waals surface area (Å²) >= 11 is 0. The van der Waals surface area contributed by atoms with E-state index in [1.807, 2.05) is 67.6 Å². The predicted molar refractivity (Wildman–Crippen MR) is 119 cm³/mol. The van der Waals surface area contributed by atoms with Crippen LogP contribution < -0.4 is 0 Å². The monoisotopic (exact) mass is 435 g/mol. The molecular weight excluding hydrogens is 406 g/mol. The summed E-state index contributed by atoms with van der Waals surface area (Å²) in [6.07, 6.45) is -0.116. The Labute approximate surface area is 188 Å². The number of likely N-dealkylation sites (tertiary alicyclic amines) is 1. The van der Waals surface area contributed by atoms with E-state index in [0.717, 1.165) is 11.1 Å². The summed E-state index contributed by atoms with van der Waals surface area (Å²) in [6, 6.07) is 19.4. The van der Waals surface area contributed by atoms with Gasteiger partial charge in [0, 0.05) is 39.1 Å². The predicted octanol–water partition coefficient (Wildman–Crippen LogP) is 3.08. The molecule has 2 aliphatic rings. The number of nitrogens with zero attached hydrogens (tertiary/aromatic N) is 3. The molecule has 2 aromatic rings. The van der Waals surface area contributed by atoms with Crippen LogP contribution in [0.2, 0.25) is 0 Å². The Morgan fingerprint density at radius 3 is 2.19 bits per heavy atom. The van der Waals surface area contributed by atoms with Crippen LogP contribution in [-0.4, -0.2) is 65.3 Å². The summed E-state index contributed by atoms with van der Waals surface area (Å²) in [4.78, 5) is 43.2. The van der Waals surface area contributed by atoms with Gasteiger partial charge in [-0.2, -0.15) is 0 Å². The number of carbonyl (C=O) groups excluding carboxylic acids is 3. The zero-order valence-corrected chi connectivity index (χ0v) is 18.4. The number of benzene rings is 2. The van der Waals surface area contributed by atoms with Crippen molar-refractivity contribution in [3.05, 3.63) is 71.8 Å². The highest BCUT2D eigenvalue weighted by atomic mass is 16.6. The van der Waals surface area contributed by atoms with E-state index in [1.54, 1.807) is 14.7 Å². The largest absolute Gasteiger partial charge is 0.445 e. The molecule has 2 heterocycles. The van der Waals surface area contributed by atoms with Crippen LogP contribution in [0.5, 0.6) is 0 Å². The number of hydrogen-bond donors (Lipinski definition) is 0. The first-order valence-corrected chi connectivity index (χ1v) is 11.1. The Morgan fingerprint density at radius 2 is 1.53 bits per heavy atom. The normalized spacial score (nSPS) is 19.7. The van der Waals surface area contributed by atoms with Crippen molar-refractivity contribution < 1.29 is 19.1 Å². The van der Waals surface area contributed by atoms with E-state index in [-0.39, 0.29) is 42.9 Å². The molecule has 0 bridgehead atoms. The summed E-state index contributed by atoms with van der Waals surface area (Å²) in [5.41, 5.74) is 2.01. The lowest BCUT2D eigenvalue weighted by molar-refractivity contribution is -0.137. The molecule has 2 aromatic carbocycles. The highest BCUT2D eigenvalue weighted by Gasteiger charge is 2.39. The molecule has 3 amide bonds. The maximum atomic E-state index is 13.1. The quantitative estimate of drug-likeness (QED) is 0.724. The second-order valence-corrected chi connectivity index (χ2v) is 8.39. The first-order valence-electron chi connectivity index (χ1n) is 11.1. The van der Waals surface area contributed by atoms with Gasteiger partial charge in [-0.3, -0.25) is 9.59 Å². The van der Waals surface area contributed by atoms with Crippen LogP contribution >= 0.6 is 0 Å². The van der Waals surface area contributed by atoms with E-state index < -0.39 is 0 Å². The number of piperazine rings is 1. The van der Waals surface area contributed by atoms with Gasteiger partial charge in [0.1, 0.15) is 6.61 Å². The molecule has 0 saturated carbocycles. The number of rotatable bonds is 5. The molecular formula is C25H29N3O4. The number of ether oxygens (including phenoxy) is 1. The molecule has 4 rings (SSSR count). The first-order chi connectivity index (χ1) is 15.5. The van der Waals surface area contributed by atoms with Gasteiger partial charge in [0.25, 0.3) is 0 Å². The molecule has 0 N–H and O–H groups in total. The lowest BCUT2D eigenvalue weighted by Gasteiger charge is -2.35. The third-order valence-corrected chi connectivity index (χ3v) is 6.31. The van der Waals surface area contributed by atoms with Crippen LogP contribution in [0.1, 0.15) is 30.5 Å². The fourth-order valence-corrected chi connectivity index (χ4v) is 4.36. The van der Waals surface area contributed by atoms with Gasteiger partial charge in [-0.05, 0) is 18.1 Å². The smallest absolute Gasteiger partial charge is 0.410 e. The molecule has 2 unspecified atom stereocenters. The highest BCUT2D eigenvalue weighted by molar-refractivity contribution is 5.89. The fraction of sp³-hybridized carbons (Fsp3) is 0.400. The third-order valence-electron chi connectivity index (χ3n) is 6.31. The zero-order chi connectivity index (χ0) is 22.5. The summed E-state index contributed by atoms with van der Waals surface area (Å²) in [6.45, 7) is 4.45. The second kappa shape index (κ2) is 9.85. The minimum absolute atomic E-state index is 0.00147. The zero-order valence-electron chi connectivity index (χ0n) is 18.4. The maximum Gasteiger partial charge on any atom is 0.410 e. The van der Waals surface area contributed by atoms with Crippen molar-refractivity contribution >= 4 is 17.9 Å². The van der Waals surface area contributed by atoms with Crippen molar-refractivity contribution in [3.63, 3.8) is 0 Å². The molecule has 0 aromatic heterocycles. The van der Waals surface area contributed by atoms with Crippen molar-refractivity contribution in [3.8, 4) is 0 Å². The minimum atomic E-state index is -0.361. The lowest BCUT2D eigenvalue weighted by atomic mass is 10.1. The third kappa shape index (κ3) is 4.93. The van der Waals surface area contributed by atoms with Crippen molar-refractivity contribution in [2.24, 2.45) is 5.92 Å². The number of carbonyl (C=O) groups is 3. The van der Waals surface area contributed by atoms with Crippen molar-refractivity contribution in [1.82, 2.24) is 14.7 Å². The molecule has 2 fully saturated rings. The average molecular weight is 436 g/mol. The van der Waals surface area contributed by atoms with Gasteiger partial charge in [-0.1, -0.05) is 60.7 Å². The molecule has 32 heavy (non-hydrogen) atoms. The van der Waals surface area contributed by atoms with Crippen molar-refractivity contribution in [2.45, 2.75) is 26.0 Å². The van der Waals surface area contributed by atoms with Crippen LogP contribution in [0.15, 0.2) is 60.7 Å². The number of hydrogen-bond acceptors (Lipinski definition) is 4. The van der Waals surface area contributed by atoms with Crippen LogP contribution in [0.3, 0.4) is 0 Å². The molecule has 0 radical (unpaired) electrons. The summed E-state index contributed by atoms with van der Waals surface area (Å²) in [5.74, 6) is -0.313. The molecule has 7 heteroatoms. The van der Waals surface area contributed by atoms with Gasteiger partial charge < -0.3 is 19.4 Å². The van der Waals surface area contributed by atoms with Crippen molar-refractivity contribution in [1.29, 1.82) is 0 Å². The van der Waals surface area contributed by atoms with E-state index in [9.17, 15) is 14.4 Å². The highest BCUT2D eigenvalue weighted by Crippen LogP contribution is 2.29.